The van der Waals surface area contributed by atoms with Crippen molar-refractivity contribution in [3.05, 3.63) is 28.8 Å². The van der Waals surface area contributed by atoms with Crippen molar-refractivity contribution >= 4 is 34.9 Å². The molecule has 0 heterocycles. The number of hydrogen-bond donors (Lipinski definition) is 2. The Kier molecular flexibility index (Phi) is 4.85. The van der Waals surface area contributed by atoms with Crippen LogP contribution in [0.2, 0.25) is 5.02 Å². The number of hydrogen-bond acceptors (Lipinski definition) is 3. The van der Waals surface area contributed by atoms with E-state index in [9.17, 15) is 14.4 Å². The number of aromatic carboxylic acids is 1. The zero-order chi connectivity index (χ0) is 13.7. The lowest BCUT2D eigenvalue weighted by molar-refractivity contribution is -0.121. The first-order valence-electron chi connectivity index (χ1n) is 5.22. The van der Waals surface area contributed by atoms with Crippen molar-refractivity contribution in [2.45, 2.75) is 19.8 Å². The minimum Gasteiger partial charge on any atom is -0.478 e. The SMILES string of the molecule is CC(=O)CCC(=O)Nc1cc(Cl)ccc1C(=O)O. The molecule has 1 aromatic rings. The van der Waals surface area contributed by atoms with Gasteiger partial charge in [0.25, 0.3) is 0 Å². The van der Waals surface area contributed by atoms with E-state index in [-0.39, 0.29) is 29.9 Å². The highest BCUT2D eigenvalue weighted by molar-refractivity contribution is 6.31. The van der Waals surface area contributed by atoms with Crippen molar-refractivity contribution in [3.63, 3.8) is 0 Å². The predicted molar refractivity (Wildman–Crippen MR) is 67.0 cm³/mol. The third-order valence-corrected chi connectivity index (χ3v) is 2.43. The van der Waals surface area contributed by atoms with Crippen LogP contribution in [0.25, 0.3) is 0 Å². The standard InChI is InChI=1S/C12H12ClNO4/c1-7(15)2-5-11(16)14-10-6-8(13)3-4-9(10)12(17)18/h3-4,6H,2,5H2,1H3,(H,14,16)(H,17,18). The summed E-state index contributed by atoms with van der Waals surface area (Å²) in [6, 6.07) is 4.10. The predicted octanol–water partition coefficient (Wildman–Crippen LogP) is 2.35. The second-order valence-corrected chi connectivity index (χ2v) is 4.18. The molecule has 18 heavy (non-hydrogen) atoms. The molecular formula is C12H12ClNO4. The van der Waals surface area contributed by atoms with Gasteiger partial charge in [-0.05, 0) is 25.1 Å². The zero-order valence-electron chi connectivity index (χ0n) is 9.70. The molecule has 0 aliphatic heterocycles. The van der Waals surface area contributed by atoms with Crippen LogP contribution in [0.15, 0.2) is 18.2 Å². The van der Waals surface area contributed by atoms with E-state index in [1.165, 1.54) is 25.1 Å². The maximum atomic E-state index is 11.5. The second-order valence-electron chi connectivity index (χ2n) is 3.75. The number of nitrogens with one attached hydrogen (secondary N) is 1. The monoisotopic (exact) mass is 269 g/mol. The van der Waals surface area contributed by atoms with Gasteiger partial charge in [0.2, 0.25) is 5.91 Å². The highest BCUT2D eigenvalue weighted by atomic mass is 35.5. The van der Waals surface area contributed by atoms with Gasteiger partial charge in [-0.1, -0.05) is 11.6 Å². The van der Waals surface area contributed by atoms with Crippen LogP contribution in [0.3, 0.4) is 0 Å². The fourth-order valence-electron chi connectivity index (χ4n) is 1.31. The van der Waals surface area contributed by atoms with Crippen molar-refractivity contribution in [1.82, 2.24) is 0 Å². The van der Waals surface area contributed by atoms with Crippen molar-refractivity contribution in [2.75, 3.05) is 5.32 Å². The van der Waals surface area contributed by atoms with Crippen LogP contribution in [0.4, 0.5) is 5.69 Å². The van der Waals surface area contributed by atoms with Gasteiger partial charge in [-0.3, -0.25) is 4.79 Å². The van der Waals surface area contributed by atoms with Crippen LogP contribution in [0.1, 0.15) is 30.1 Å². The van der Waals surface area contributed by atoms with Crippen LogP contribution in [-0.4, -0.2) is 22.8 Å². The molecule has 5 nitrogen and oxygen atoms in total. The molecule has 96 valence electrons. The lowest BCUT2D eigenvalue weighted by atomic mass is 10.1. The summed E-state index contributed by atoms with van der Waals surface area (Å²) >= 11 is 5.73. The Balaban J connectivity index is 2.82. The van der Waals surface area contributed by atoms with E-state index in [4.69, 9.17) is 16.7 Å². The quantitative estimate of drug-likeness (QED) is 0.859. The first kappa shape index (κ1) is 14.2. The topological polar surface area (TPSA) is 83.5 Å². The van der Waals surface area contributed by atoms with Gasteiger partial charge in [-0.15, -0.1) is 0 Å². The summed E-state index contributed by atoms with van der Waals surface area (Å²) < 4.78 is 0. The van der Waals surface area contributed by atoms with Gasteiger partial charge in [-0.25, -0.2) is 4.79 Å². The Hall–Kier alpha value is -1.88. The maximum absolute atomic E-state index is 11.5. The van der Waals surface area contributed by atoms with Gasteiger partial charge in [0.1, 0.15) is 5.78 Å². The summed E-state index contributed by atoms with van der Waals surface area (Å²) in [7, 11) is 0. The number of carboxylic acids is 1. The summed E-state index contributed by atoms with van der Waals surface area (Å²) in [5.74, 6) is -1.68. The average Bonchev–Trinajstić information content (AvgIpc) is 2.26. The molecule has 0 aliphatic carbocycles. The van der Waals surface area contributed by atoms with Crippen LogP contribution >= 0.6 is 11.6 Å². The fourth-order valence-corrected chi connectivity index (χ4v) is 1.48. The molecule has 0 fully saturated rings. The zero-order valence-corrected chi connectivity index (χ0v) is 10.5. The first-order valence-corrected chi connectivity index (χ1v) is 5.60. The number of halogens is 1. The lowest BCUT2D eigenvalue weighted by Gasteiger charge is -2.08. The third kappa shape index (κ3) is 4.18. The lowest BCUT2D eigenvalue weighted by Crippen LogP contribution is -2.15. The molecule has 1 amide bonds. The minimum atomic E-state index is -1.16. The molecule has 2 N–H and O–H groups in total. The number of anilines is 1. The van der Waals surface area contributed by atoms with E-state index < -0.39 is 11.9 Å². The number of carbonyl (C=O) groups excluding carboxylic acids is 2. The summed E-state index contributed by atoms with van der Waals surface area (Å²) in [6.07, 6.45) is 0.135. The molecular weight excluding hydrogens is 258 g/mol. The van der Waals surface area contributed by atoms with E-state index in [2.05, 4.69) is 5.32 Å². The number of carboxylic acid groups (broad SMARTS) is 1. The second kappa shape index (κ2) is 6.16. The third-order valence-electron chi connectivity index (χ3n) is 2.19. The van der Waals surface area contributed by atoms with E-state index in [1.54, 1.807) is 0 Å². The maximum Gasteiger partial charge on any atom is 0.337 e. The Morgan fingerprint density at radius 1 is 1.28 bits per heavy atom. The Bertz CT molecular complexity index is 499. The van der Waals surface area contributed by atoms with Crippen molar-refractivity contribution in [3.8, 4) is 0 Å². The summed E-state index contributed by atoms with van der Waals surface area (Å²) in [6.45, 7) is 1.38. The number of amides is 1. The highest BCUT2D eigenvalue weighted by Crippen LogP contribution is 2.21. The molecule has 6 heteroatoms. The highest BCUT2D eigenvalue weighted by Gasteiger charge is 2.13. The first-order chi connectivity index (χ1) is 8.40. The van der Waals surface area contributed by atoms with Crippen LogP contribution < -0.4 is 5.32 Å². The van der Waals surface area contributed by atoms with Crippen LogP contribution in [-0.2, 0) is 9.59 Å². The van der Waals surface area contributed by atoms with Gasteiger partial charge in [0, 0.05) is 17.9 Å². The summed E-state index contributed by atoms with van der Waals surface area (Å²) in [5.41, 5.74) is 0.0825. The number of ketones is 1. The van der Waals surface area contributed by atoms with Gasteiger partial charge >= 0.3 is 5.97 Å². The minimum absolute atomic E-state index is 0.0148. The van der Waals surface area contributed by atoms with E-state index >= 15 is 0 Å². The summed E-state index contributed by atoms with van der Waals surface area (Å²) in [5, 5.41) is 11.7. The molecule has 1 aromatic carbocycles. The number of benzene rings is 1. The van der Waals surface area contributed by atoms with E-state index in [1.807, 2.05) is 0 Å². The molecule has 0 radical (unpaired) electrons. The molecule has 1 rings (SSSR count). The molecule has 0 spiro atoms. The Labute approximate surface area is 109 Å². The van der Waals surface area contributed by atoms with Gasteiger partial charge in [-0.2, -0.15) is 0 Å². The molecule has 0 unspecified atom stereocenters. The normalized spacial score (nSPS) is 9.89. The molecule has 0 saturated carbocycles. The number of Topliss-reactive ketones (excluding diaryl/α,β-unsaturated/α-hetero) is 1. The van der Waals surface area contributed by atoms with Gasteiger partial charge < -0.3 is 15.2 Å². The number of rotatable bonds is 5. The van der Waals surface area contributed by atoms with Gasteiger partial charge in [0.15, 0.2) is 0 Å². The van der Waals surface area contributed by atoms with Crippen molar-refractivity contribution in [2.24, 2.45) is 0 Å². The van der Waals surface area contributed by atoms with Crippen molar-refractivity contribution in [1.29, 1.82) is 0 Å². The molecule has 0 bridgehead atoms. The average molecular weight is 270 g/mol. The molecule has 0 aromatic heterocycles. The Morgan fingerprint density at radius 3 is 2.50 bits per heavy atom. The molecule has 0 atom stereocenters. The van der Waals surface area contributed by atoms with E-state index in [0.29, 0.717) is 5.02 Å². The van der Waals surface area contributed by atoms with Crippen LogP contribution in [0, 0.1) is 0 Å². The van der Waals surface area contributed by atoms with Crippen molar-refractivity contribution < 1.29 is 19.5 Å². The smallest absolute Gasteiger partial charge is 0.337 e. The van der Waals surface area contributed by atoms with Crippen LogP contribution in [0.5, 0.6) is 0 Å². The molecule has 0 saturated heterocycles. The fraction of sp³-hybridized carbons (Fsp3) is 0.250. The van der Waals surface area contributed by atoms with E-state index in [0.717, 1.165) is 0 Å². The van der Waals surface area contributed by atoms with Gasteiger partial charge in [0.05, 0.1) is 11.3 Å². The largest absolute Gasteiger partial charge is 0.478 e. The molecule has 0 aliphatic rings. The summed E-state index contributed by atoms with van der Waals surface area (Å²) in [4.78, 5) is 33.2. The Morgan fingerprint density at radius 2 is 1.94 bits per heavy atom. The number of carbonyl (C=O) groups is 3.